The number of rotatable bonds is 3. The number of amides is 2. The molecule has 0 saturated heterocycles. The van der Waals surface area contributed by atoms with Crippen molar-refractivity contribution in [2.75, 3.05) is 11.9 Å². The Morgan fingerprint density at radius 1 is 1.09 bits per heavy atom. The van der Waals surface area contributed by atoms with Crippen LogP contribution in [0.5, 0.6) is 0 Å². The largest absolute Gasteiger partial charge is 0.324 e. The molecule has 4 nitrogen and oxygen atoms in total. The van der Waals surface area contributed by atoms with E-state index in [2.05, 4.69) is 11.9 Å². The van der Waals surface area contributed by atoms with Crippen LogP contribution in [-0.4, -0.2) is 23.3 Å². The predicted molar refractivity (Wildman–Crippen MR) is 91.6 cm³/mol. The van der Waals surface area contributed by atoms with Crippen LogP contribution in [0.2, 0.25) is 10.0 Å². The maximum atomic E-state index is 12.3. The molecule has 1 aliphatic rings. The summed E-state index contributed by atoms with van der Waals surface area (Å²) in [7, 11) is 0. The van der Waals surface area contributed by atoms with Crippen molar-refractivity contribution in [3.05, 3.63) is 70.2 Å². The molecule has 116 valence electrons. The first-order chi connectivity index (χ1) is 11.0. The number of carbonyl (C=O) groups excluding carboxylic acids is 2. The molecule has 0 aliphatic carbocycles. The lowest BCUT2D eigenvalue weighted by atomic mass is 10.1. The summed E-state index contributed by atoms with van der Waals surface area (Å²) in [6.07, 6.45) is 0. The van der Waals surface area contributed by atoms with Gasteiger partial charge in [-0.2, -0.15) is 0 Å². The number of carbonyl (C=O) groups is 2. The van der Waals surface area contributed by atoms with E-state index in [1.807, 2.05) is 12.1 Å². The highest BCUT2D eigenvalue weighted by Crippen LogP contribution is 2.31. The summed E-state index contributed by atoms with van der Waals surface area (Å²) in [5.41, 5.74) is 2.34. The van der Waals surface area contributed by atoms with Gasteiger partial charge in [-0.1, -0.05) is 48.0 Å². The summed E-state index contributed by atoms with van der Waals surface area (Å²) >= 11 is 11.7. The van der Waals surface area contributed by atoms with Crippen molar-refractivity contribution in [1.82, 2.24) is 4.90 Å². The molecule has 0 aromatic heterocycles. The second-order valence-electron chi connectivity index (χ2n) is 5.06. The van der Waals surface area contributed by atoms with E-state index < -0.39 is 0 Å². The smallest absolute Gasteiger partial charge is 0.259 e. The summed E-state index contributed by atoms with van der Waals surface area (Å²) in [5.74, 6) is -0.569. The maximum absolute atomic E-state index is 12.3. The number of nitrogens with zero attached hydrogens (tertiary/aromatic N) is 1. The number of benzene rings is 2. The molecular weight excluding hydrogens is 335 g/mol. The maximum Gasteiger partial charge on any atom is 0.259 e. The summed E-state index contributed by atoms with van der Waals surface area (Å²) in [6, 6.07) is 11.9. The van der Waals surface area contributed by atoms with Gasteiger partial charge in [0.15, 0.2) is 0 Å². The fourth-order valence-electron chi connectivity index (χ4n) is 2.42. The molecule has 0 atom stereocenters. The molecule has 1 N–H and O–H groups in total. The van der Waals surface area contributed by atoms with Crippen LogP contribution in [0.3, 0.4) is 0 Å². The van der Waals surface area contributed by atoms with E-state index in [-0.39, 0.29) is 18.4 Å². The zero-order valence-electron chi connectivity index (χ0n) is 12.0. The second-order valence-corrected chi connectivity index (χ2v) is 5.88. The minimum absolute atomic E-state index is 0.118. The van der Waals surface area contributed by atoms with Crippen LogP contribution in [-0.2, 0) is 4.79 Å². The summed E-state index contributed by atoms with van der Waals surface area (Å²) in [5, 5.41) is 3.44. The Kier molecular flexibility index (Phi) is 4.11. The first-order valence-corrected chi connectivity index (χ1v) is 7.58. The highest BCUT2D eigenvalue weighted by molar-refractivity contribution is 6.42. The topological polar surface area (TPSA) is 49.4 Å². The minimum atomic E-state index is -0.342. The molecule has 0 bridgehead atoms. The van der Waals surface area contributed by atoms with E-state index in [1.165, 1.54) is 4.90 Å². The van der Waals surface area contributed by atoms with Gasteiger partial charge in [-0.25, -0.2) is 0 Å². The summed E-state index contributed by atoms with van der Waals surface area (Å²) in [6.45, 7) is 3.78. The van der Waals surface area contributed by atoms with Gasteiger partial charge in [0.05, 0.1) is 10.0 Å². The standard InChI is InChI=1S/C17H12Cl2N2O2/c1-10-12-4-2-3-5-13(12)17(23)21(10)9-16(22)20-11-6-7-14(18)15(19)8-11/h2-8H,1,9H2,(H,20,22). The number of halogens is 2. The highest BCUT2D eigenvalue weighted by Gasteiger charge is 2.31. The molecule has 6 heteroatoms. The zero-order chi connectivity index (χ0) is 16.6. The van der Waals surface area contributed by atoms with Crippen molar-refractivity contribution in [2.24, 2.45) is 0 Å². The Labute approximate surface area is 143 Å². The van der Waals surface area contributed by atoms with Gasteiger partial charge in [0.2, 0.25) is 5.91 Å². The molecule has 2 amide bonds. The molecule has 0 spiro atoms. The molecule has 0 unspecified atom stereocenters. The van der Waals surface area contributed by atoms with Gasteiger partial charge in [-0.05, 0) is 24.3 Å². The van der Waals surface area contributed by atoms with Gasteiger partial charge >= 0.3 is 0 Å². The molecule has 1 aliphatic heterocycles. The fraction of sp³-hybridized carbons (Fsp3) is 0.0588. The van der Waals surface area contributed by atoms with Crippen LogP contribution in [0.25, 0.3) is 5.70 Å². The van der Waals surface area contributed by atoms with Gasteiger partial charge in [-0.15, -0.1) is 0 Å². The number of anilines is 1. The zero-order valence-corrected chi connectivity index (χ0v) is 13.5. The van der Waals surface area contributed by atoms with Gasteiger partial charge in [-0.3, -0.25) is 14.5 Å². The van der Waals surface area contributed by atoms with Gasteiger partial charge in [0.1, 0.15) is 6.54 Å². The molecule has 1 heterocycles. The van der Waals surface area contributed by atoms with E-state index in [1.54, 1.807) is 30.3 Å². The number of hydrogen-bond acceptors (Lipinski definition) is 2. The molecule has 23 heavy (non-hydrogen) atoms. The molecule has 0 fully saturated rings. The second kappa shape index (κ2) is 6.07. The van der Waals surface area contributed by atoms with Crippen molar-refractivity contribution < 1.29 is 9.59 Å². The normalized spacial score (nSPS) is 13.2. The third kappa shape index (κ3) is 2.96. The van der Waals surface area contributed by atoms with Crippen molar-refractivity contribution >= 4 is 46.4 Å². The Bertz CT molecular complexity index is 798. The first-order valence-electron chi connectivity index (χ1n) is 6.82. The van der Waals surface area contributed by atoms with Crippen LogP contribution in [0.1, 0.15) is 15.9 Å². The van der Waals surface area contributed by atoms with Gasteiger partial charge in [0, 0.05) is 22.5 Å². The molecule has 2 aromatic carbocycles. The monoisotopic (exact) mass is 346 g/mol. The first kappa shape index (κ1) is 15.6. The number of nitrogens with one attached hydrogen (secondary N) is 1. The number of hydrogen-bond donors (Lipinski definition) is 1. The lowest BCUT2D eigenvalue weighted by molar-refractivity contribution is -0.116. The Hall–Kier alpha value is -2.30. The molecular formula is C17H12Cl2N2O2. The van der Waals surface area contributed by atoms with Crippen LogP contribution in [0, 0.1) is 0 Å². The summed E-state index contributed by atoms with van der Waals surface area (Å²) < 4.78 is 0. The predicted octanol–water partition coefficient (Wildman–Crippen LogP) is 4.06. The Morgan fingerprint density at radius 3 is 2.43 bits per heavy atom. The lowest BCUT2D eigenvalue weighted by Crippen LogP contribution is -2.32. The van der Waals surface area contributed by atoms with Crippen molar-refractivity contribution in [2.45, 2.75) is 0 Å². The van der Waals surface area contributed by atoms with Crippen molar-refractivity contribution in [1.29, 1.82) is 0 Å². The SMILES string of the molecule is C=C1c2ccccc2C(=O)N1CC(=O)Nc1ccc(Cl)c(Cl)c1. The quantitative estimate of drug-likeness (QED) is 0.910. The van der Waals surface area contributed by atoms with Crippen molar-refractivity contribution in [3.8, 4) is 0 Å². The molecule has 0 saturated carbocycles. The van der Waals surface area contributed by atoms with Gasteiger partial charge in [0.25, 0.3) is 5.91 Å². The number of fused-ring (bicyclic) bond motifs is 1. The van der Waals surface area contributed by atoms with Crippen LogP contribution in [0.15, 0.2) is 49.0 Å². The average molecular weight is 347 g/mol. The lowest BCUT2D eigenvalue weighted by Gasteiger charge is -2.17. The third-order valence-corrected chi connectivity index (χ3v) is 4.28. The molecule has 2 aromatic rings. The van der Waals surface area contributed by atoms with Crippen molar-refractivity contribution in [3.63, 3.8) is 0 Å². The van der Waals surface area contributed by atoms with E-state index in [0.29, 0.717) is 27.0 Å². The van der Waals surface area contributed by atoms with Gasteiger partial charge < -0.3 is 5.32 Å². The Morgan fingerprint density at radius 2 is 1.78 bits per heavy atom. The molecule has 3 rings (SSSR count). The summed E-state index contributed by atoms with van der Waals surface area (Å²) in [4.78, 5) is 25.9. The van der Waals surface area contributed by atoms with Crippen LogP contribution < -0.4 is 5.32 Å². The molecule has 0 radical (unpaired) electrons. The van der Waals surface area contributed by atoms with E-state index >= 15 is 0 Å². The van der Waals surface area contributed by atoms with Crippen LogP contribution in [0.4, 0.5) is 5.69 Å². The third-order valence-electron chi connectivity index (χ3n) is 3.54. The van der Waals surface area contributed by atoms with Crippen LogP contribution >= 0.6 is 23.2 Å². The van der Waals surface area contributed by atoms with E-state index in [0.717, 1.165) is 5.56 Å². The Balaban J connectivity index is 1.73. The minimum Gasteiger partial charge on any atom is -0.324 e. The van der Waals surface area contributed by atoms with E-state index in [9.17, 15) is 9.59 Å². The fourth-order valence-corrected chi connectivity index (χ4v) is 2.72. The average Bonchev–Trinajstić information content (AvgIpc) is 2.76. The van der Waals surface area contributed by atoms with E-state index in [4.69, 9.17) is 23.2 Å². The highest BCUT2D eigenvalue weighted by atomic mass is 35.5.